The monoisotopic (exact) mass is 278 g/mol. The molecule has 0 aromatic heterocycles. The van der Waals surface area contributed by atoms with E-state index in [1.54, 1.807) is 6.07 Å². The summed E-state index contributed by atoms with van der Waals surface area (Å²) in [5, 5.41) is 3.57. The van der Waals surface area contributed by atoms with Gasteiger partial charge in [-0.3, -0.25) is 4.90 Å². The highest BCUT2D eigenvalue weighted by Gasteiger charge is 2.23. The first-order valence-corrected chi connectivity index (χ1v) is 7.97. The Hall–Kier alpha value is -0.930. The molecule has 0 amide bonds. The van der Waals surface area contributed by atoms with Gasteiger partial charge in [0.1, 0.15) is 5.82 Å². The highest BCUT2D eigenvalue weighted by atomic mass is 19.1. The maximum absolute atomic E-state index is 13.5. The molecule has 1 aromatic rings. The van der Waals surface area contributed by atoms with Gasteiger partial charge in [-0.25, -0.2) is 4.39 Å². The Morgan fingerprint density at radius 1 is 1.40 bits per heavy atom. The number of rotatable bonds is 7. The van der Waals surface area contributed by atoms with Crippen molar-refractivity contribution >= 4 is 0 Å². The summed E-state index contributed by atoms with van der Waals surface area (Å²) in [6, 6.07) is 8.03. The van der Waals surface area contributed by atoms with Crippen molar-refractivity contribution in [3.63, 3.8) is 0 Å². The van der Waals surface area contributed by atoms with E-state index in [1.165, 1.54) is 18.9 Å². The first-order chi connectivity index (χ1) is 9.74. The van der Waals surface area contributed by atoms with Crippen molar-refractivity contribution in [2.45, 2.75) is 51.6 Å². The van der Waals surface area contributed by atoms with Crippen LogP contribution in [0.3, 0.4) is 0 Å². The summed E-state index contributed by atoms with van der Waals surface area (Å²) < 4.78 is 13.5. The maximum Gasteiger partial charge on any atom is 0.123 e. The van der Waals surface area contributed by atoms with Crippen LogP contribution in [0.5, 0.6) is 0 Å². The largest absolute Gasteiger partial charge is 0.313 e. The van der Waals surface area contributed by atoms with Crippen molar-refractivity contribution < 1.29 is 4.39 Å². The summed E-state index contributed by atoms with van der Waals surface area (Å²) in [6.07, 6.45) is 4.70. The molecule has 2 rings (SSSR count). The predicted octanol–water partition coefficient (Wildman–Crippen LogP) is 3.74. The summed E-state index contributed by atoms with van der Waals surface area (Å²) in [7, 11) is 0. The molecule has 0 spiro atoms. The molecule has 1 saturated heterocycles. The summed E-state index contributed by atoms with van der Waals surface area (Å²) in [6.45, 7) is 7.70. The van der Waals surface area contributed by atoms with Crippen molar-refractivity contribution in [3.05, 3.63) is 35.6 Å². The summed E-state index contributed by atoms with van der Waals surface area (Å²) in [4.78, 5) is 2.53. The molecule has 2 unspecified atom stereocenters. The fourth-order valence-corrected chi connectivity index (χ4v) is 3.28. The van der Waals surface area contributed by atoms with Crippen LogP contribution in [0.4, 0.5) is 4.39 Å². The number of hydrogen-bond acceptors (Lipinski definition) is 2. The van der Waals surface area contributed by atoms with E-state index in [2.05, 4.69) is 30.1 Å². The second kappa shape index (κ2) is 7.75. The molecule has 0 saturated carbocycles. The fourth-order valence-electron chi connectivity index (χ4n) is 3.28. The first-order valence-electron chi connectivity index (χ1n) is 7.97. The van der Waals surface area contributed by atoms with Crippen LogP contribution in [0.2, 0.25) is 0 Å². The van der Waals surface area contributed by atoms with E-state index in [9.17, 15) is 4.39 Å². The summed E-state index contributed by atoms with van der Waals surface area (Å²) in [5.41, 5.74) is 1.11. The number of benzene rings is 1. The Balaban J connectivity index is 2.11. The smallest absolute Gasteiger partial charge is 0.123 e. The lowest BCUT2D eigenvalue weighted by molar-refractivity contribution is 0.175. The van der Waals surface area contributed by atoms with Gasteiger partial charge >= 0.3 is 0 Å². The van der Waals surface area contributed by atoms with Gasteiger partial charge in [-0.2, -0.15) is 0 Å². The lowest BCUT2D eigenvalue weighted by atomic mass is 10.0. The second-order valence-corrected chi connectivity index (χ2v) is 5.77. The number of halogens is 1. The molecule has 0 bridgehead atoms. The van der Waals surface area contributed by atoms with Crippen molar-refractivity contribution in [2.24, 2.45) is 0 Å². The van der Waals surface area contributed by atoms with E-state index >= 15 is 0 Å². The fraction of sp³-hybridized carbons (Fsp3) is 0.647. The molecule has 112 valence electrons. The molecular weight excluding hydrogens is 251 g/mol. The molecule has 1 aromatic carbocycles. The standard InChI is InChI=1S/C17H27FN2/c1-3-11-20(13-16-9-6-10-19-16)17(4-2)14-7-5-8-15(18)12-14/h5,7-8,12,16-17,19H,3-4,6,9-11,13H2,1-2H3. The van der Waals surface area contributed by atoms with Crippen molar-refractivity contribution in [2.75, 3.05) is 19.6 Å². The van der Waals surface area contributed by atoms with Gasteiger partial charge in [-0.05, 0) is 56.5 Å². The lowest BCUT2D eigenvalue weighted by Gasteiger charge is -2.33. The van der Waals surface area contributed by atoms with Gasteiger partial charge in [0.15, 0.2) is 0 Å². The molecule has 1 fully saturated rings. The number of nitrogens with zero attached hydrogens (tertiary/aromatic N) is 1. The molecule has 1 heterocycles. The van der Waals surface area contributed by atoms with E-state index in [0.717, 1.165) is 38.0 Å². The average molecular weight is 278 g/mol. The van der Waals surface area contributed by atoms with Gasteiger partial charge < -0.3 is 5.32 Å². The molecule has 1 N–H and O–H groups in total. The zero-order chi connectivity index (χ0) is 14.4. The molecule has 0 radical (unpaired) electrons. The molecule has 1 aliphatic heterocycles. The summed E-state index contributed by atoms with van der Waals surface area (Å²) >= 11 is 0. The van der Waals surface area contributed by atoms with E-state index < -0.39 is 0 Å². The van der Waals surface area contributed by atoms with Crippen LogP contribution >= 0.6 is 0 Å². The average Bonchev–Trinajstić information content (AvgIpc) is 2.93. The first kappa shape index (κ1) is 15.5. The quantitative estimate of drug-likeness (QED) is 0.817. The van der Waals surface area contributed by atoms with Gasteiger partial charge in [0.2, 0.25) is 0 Å². The second-order valence-electron chi connectivity index (χ2n) is 5.77. The third-order valence-electron chi connectivity index (χ3n) is 4.19. The minimum Gasteiger partial charge on any atom is -0.313 e. The van der Waals surface area contributed by atoms with Crippen LogP contribution in [0.1, 0.15) is 51.1 Å². The van der Waals surface area contributed by atoms with E-state index in [4.69, 9.17) is 0 Å². The van der Waals surface area contributed by atoms with Gasteiger partial charge in [0.25, 0.3) is 0 Å². The highest BCUT2D eigenvalue weighted by Crippen LogP contribution is 2.26. The molecule has 3 heteroatoms. The van der Waals surface area contributed by atoms with Gasteiger partial charge in [0.05, 0.1) is 0 Å². The minimum atomic E-state index is -0.128. The van der Waals surface area contributed by atoms with Crippen LogP contribution < -0.4 is 5.32 Å². The van der Waals surface area contributed by atoms with Crippen LogP contribution in [0.15, 0.2) is 24.3 Å². The normalized spacial score (nSPS) is 20.5. The predicted molar refractivity (Wildman–Crippen MR) is 82.3 cm³/mol. The minimum absolute atomic E-state index is 0.128. The molecule has 2 nitrogen and oxygen atoms in total. The van der Waals surface area contributed by atoms with Crippen LogP contribution in [-0.2, 0) is 0 Å². The van der Waals surface area contributed by atoms with Gasteiger partial charge in [-0.1, -0.05) is 26.0 Å². The Kier molecular flexibility index (Phi) is 5.99. The Labute approximate surface area is 122 Å². The van der Waals surface area contributed by atoms with E-state index in [1.807, 2.05) is 6.07 Å². The van der Waals surface area contributed by atoms with Crippen LogP contribution in [-0.4, -0.2) is 30.6 Å². The Bertz CT molecular complexity index is 402. The summed E-state index contributed by atoms with van der Waals surface area (Å²) in [5.74, 6) is -0.128. The third-order valence-corrected chi connectivity index (χ3v) is 4.19. The molecular formula is C17H27FN2. The SMILES string of the molecule is CCCN(CC1CCCN1)C(CC)c1cccc(F)c1. The van der Waals surface area contributed by atoms with Crippen LogP contribution in [0.25, 0.3) is 0 Å². The highest BCUT2D eigenvalue weighted by molar-refractivity contribution is 5.20. The Morgan fingerprint density at radius 2 is 2.25 bits per heavy atom. The van der Waals surface area contributed by atoms with Crippen molar-refractivity contribution in [1.82, 2.24) is 10.2 Å². The Morgan fingerprint density at radius 3 is 2.85 bits per heavy atom. The molecule has 0 aliphatic carbocycles. The number of hydrogen-bond donors (Lipinski definition) is 1. The zero-order valence-electron chi connectivity index (χ0n) is 12.7. The van der Waals surface area contributed by atoms with Crippen molar-refractivity contribution in [1.29, 1.82) is 0 Å². The van der Waals surface area contributed by atoms with E-state index in [-0.39, 0.29) is 5.82 Å². The van der Waals surface area contributed by atoms with E-state index in [0.29, 0.717) is 12.1 Å². The van der Waals surface area contributed by atoms with Crippen molar-refractivity contribution in [3.8, 4) is 0 Å². The number of nitrogens with one attached hydrogen (secondary N) is 1. The van der Waals surface area contributed by atoms with Gasteiger partial charge in [-0.15, -0.1) is 0 Å². The molecule has 20 heavy (non-hydrogen) atoms. The van der Waals surface area contributed by atoms with Gasteiger partial charge in [0, 0.05) is 18.6 Å². The zero-order valence-corrected chi connectivity index (χ0v) is 12.7. The molecule has 1 aliphatic rings. The third kappa shape index (κ3) is 4.03. The lowest BCUT2D eigenvalue weighted by Crippen LogP contribution is -2.40. The maximum atomic E-state index is 13.5. The topological polar surface area (TPSA) is 15.3 Å². The molecule has 2 atom stereocenters. The van der Waals surface area contributed by atoms with Crippen LogP contribution in [0, 0.1) is 5.82 Å².